The van der Waals surface area contributed by atoms with Crippen LogP contribution in [0.5, 0.6) is 0 Å². The molecule has 1 rings (SSSR count). The number of aliphatic imine (C=N–C) groups is 1. The Morgan fingerprint density at radius 2 is 1.93 bits per heavy atom. The SMILES string of the molecule is CC/C=C\C(C)=NC.c1ccncc1. The van der Waals surface area contributed by atoms with Crippen molar-refractivity contribution in [1.29, 1.82) is 0 Å². The first kappa shape index (κ1) is 12.6. The van der Waals surface area contributed by atoms with Gasteiger partial charge in [-0.2, -0.15) is 0 Å². The molecule has 0 atom stereocenters. The van der Waals surface area contributed by atoms with Crippen molar-refractivity contribution in [2.75, 3.05) is 7.05 Å². The summed E-state index contributed by atoms with van der Waals surface area (Å²) in [5.41, 5.74) is 1.09. The second-order valence-electron chi connectivity index (χ2n) is 2.70. The summed E-state index contributed by atoms with van der Waals surface area (Å²) < 4.78 is 0. The van der Waals surface area contributed by atoms with E-state index in [-0.39, 0.29) is 0 Å². The number of nitrogens with zero attached hydrogens (tertiary/aromatic N) is 2. The lowest BCUT2D eigenvalue weighted by atomic mass is 10.3. The van der Waals surface area contributed by atoms with Crippen molar-refractivity contribution in [3.8, 4) is 0 Å². The van der Waals surface area contributed by atoms with Crippen molar-refractivity contribution in [3.63, 3.8) is 0 Å². The number of aromatic nitrogens is 1. The molecule has 76 valence electrons. The quantitative estimate of drug-likeness (QED) is 0.658. The molecule has 0 aliphatic heterocycles. The first-order valence-corrected chi connectivity index (χ1v) is 4.76. The molecule has 2 nitrogen and oxygen atoms in total. The fourth-order valence-electron chi connectivity index (χ4n) is 0.676. The monoisotopic (exact) mass is 190 g/mol. The molecule has 0 N–H and O–H groups in total. The summed E-state index contributed by atoms with van der Waals surface area (Å²) >= 11 is 0. The molecule has 0 saturated carbocycles. The zero-order valence-electron chi connectivity index (χ0n) is 9.14. The summed E-state index contributed by atoms with van der Waals surface area (Å²) in [6.07, 6.45) is 8.72. The Morgan fingerprint density at radius 3 is 2.21 bits per heavy atom. The van der Waals surface area contributed by atoms with Crippen LogP contribution >= 0.6 is 0 Å². The maximum atomic E-state index is 3.96. The van der Waals surface area contributed by atoms with Gasteiger partial charge in [0.2, 0.25) is 0 Å². The first-order chi connectivity index (χ1) is 6.81. The van der Waals surface area contributed by atoms with E-state index < -0.39 is 0 Å². The minimum absolute atomic E-state index is 1.09. The Balaban J connectivity index is 0.000000249. The van der Waals surface area contributed by atoms with Gasteiger partial charge in [0.15, 0.2) is 0 Å². The highest BCUT2D eigenvalue weighted by molar-refractivity contribution is 5.92. The molecule has 1 aromatic heterocycles. The summed E-state index contributed by atoms with van der Waals surface area (Å²) in [6.45, 7) is 4.10. The predicted octanol–water partition coefficient (Wildman–Crippen LogP) is 3.12. The van der Waals surface area contributed by atoms with Gasteiger partial charge in [-0.15, -0.1) is 0 Å². The Labute approximate surface area is 86.4 Å². The van der Waals surface area contributed by atoms with Gasteiger partial charge in [-0.25, -0.2) is 0 Å². The van der Waals surface area contributed by atoms with Crippen LogP contribution in [0.2, 0.25) is 0 Å². The van der Waals surface area contributed by atoms with Gasteiger partial charge in [-0.05, 0) is 31.6 Å². The molecule has 0 fully saturated rings. The topological polar surface area (TPSA) is 25.2 Å². The molecule has 1 heterocycles. The highest BCUT2D eigenvalue weighted by Gasteiger charge is 1.74. The van der Waals surface area contributed by atoms with Gasteiger partial charge in [-0.3, -0.25) is 9.98 Å². The highest BCUT2D eigenvalue weighted by Crippen LogP contribution is 1.81. The number of pyridine rings is 1. The Hall–Kier alpha value is -1.44. The minimum atomic E-state index is 1.09. The molecule has 0 saturated heterocycles. The van der Waals surface area contributed by atoms with Crippen molar-refractivity contribution in [3.05, 3.63) is 42.7 Å². The average Bonchev–Trinajstić information content (AvgIpc) is 2.29. The van der Waals surface area contributed by atoms with Gasteiger partial charge in [0.25, 0.3) is 0 Å². The molecular formula is C12H18N2. The predicted molar refractivity (Wildman–Crippen MR) is 62.7 cm³/mol. The van der Waals surface area contributed by atoms with Crippen LogP contribution in [0.15, 0.2) is 47.7 Å². The third kappa shape index (κ3) is 8.65. The fraction of sp³-hybridized carbons (Fsp3) is 0.333. The smallest absolute Gasteiger partial charge is 0.0310 e. The van der Waals surface area contributed by atoms with E-state index in [4.69, 9.17) is 0 Å². The number of hydrogen-bond acceptors (Lipinski definition) is 2. The van der Waals surface area contributed by atoms with Crippen LogP contribution in [-0.2, 0) is 0 Å². The number of hydrogen-bond donors (Lipinski definition) is 0. The Bertz CT molecular complexity index is 236. The first-order valence-electron chi connectivity index (χ1n) is 4.76. The lowest BCUT2D eigenvalue weighted by Gasteiger charge is -1.83. The Morgan fingerprint density at radius 1 is 1.29 bits per heavy atom. The molecule has 0 spiro atoms. The van der Waals surface area contributed by atoms with Gasteiger partial charge in [0.1, 0.15) is 0 Å². The average molecular weight is 190 g/mol. The lowest BCUT2D eigenvalue weighted by molar-refractivity contribution is 1.22. The molecule has 0 aliphatic rings. The molecule has 14 heavy (non-hydrogen) atoms. The normalized spacial score (nSPS) is 10.9. The van der Waals surface area contributed by atoms with Crippen molar-refractivity contribution in [2.45, 2.75) is 20.3 Å². The maximum Gasteiger partial charge on any atom is 0.0310 e. The standard InChI is InChI=1S/C7H13N.C5H5N/c1-4-5-6-7(2)8-3;1-2-4-6-5-3-1/h5-6H,4H2,1-3H3;1-5H/b6-5-,8-7?;. The molecule has 0 radical (unpaired) electrons. The van der Waals surface area contributed by atoms with Crippen LogP contribution in [0, 0.1) is 0 Å². The molecule has 0 unspecified atom stereocenters. The summed E-state index contributed by atoms with van der Waals surface area (Å²) in [6, 6.07) is 5.72. The molecule has 2 heteroatoms. The van der Waals surface area contributed by atoms with Gasteiger partial charge < -0.3 is 0 Å². The van der Waals surface area contributed by atoms with E-state index in [0.29, 0.717) is 0 Å². The van der Waals surface area contributed by atoms with E-state index in [9.17, 15) is 0 Å². The van der Waals surface area contributed by atoms with Crippen molar-refractivity contribution < 1.29 is 0 Å². The second kappa shape index (κ2) is 9.65. The second-order valence-corrected chi connectivity index (χ2v) is 2.70. The van der Waals surface area contributed by atoms with Crippen LogP contribution in [-0.4, -0.2) is 17.7 Å². The third-order valence-electron chi connectivity index (χ3n) is 1.51. The van der Waals surface area contributed by atoms with Crippen LogP contribution in [0.4, 0.5) is 0 Å². The van der Waals surface area contributed by atoms with Crippen molar-refractivity contribution >= 4 is 5.71 Å². The van der Waals surface area contributed by atoms with Crippen molar-refractivity contribution in [2.24, 2.45) is 4.99 Å². The lowest BCUT2D eigenvalue weighted by Crippen LogP contribution is -1.80. The number of rotatable bonds is 2. The van der Waals surface area contributed by atoms with E-state index in [1.165, 1.54) is 0 Å². The summed E-state index contributed by atoms with van der Waals surface area (Å²) in [7, 11) is 1.80. The largest absolute Gasteiger partial charge is 0.293 e. The third-order valence-corrected chi connectivity index (χ3v) is 1.51. The summed E-state index contributed by atoms with van der Waals surface area (Å²) in [5, 5.41) is 0. The molecular weight excluding hydrogens is 172 g/mol. The Kier molecular flexibility index (Phi) is 8.65. The molecule has 0 bridgehead atoms. The van der Waals surface area contributed by atoms with E-state index in [1.54, 1.807) is 19.4 Å². The minimum Gasteiger partial charge on any atom is -0.293 e. The van der Waals surface area contributed by atoms with E-state index in [1.807, 2.05) is 31.2 Å². The van der Waals surface area contributed by atoms with Crippen LogP contribution in [0.3, 0.4) is 0 Å². The zero-order chi connectivity index (χ0) is 10.6. The van der Waals surface area contributed by atoms with Crippen LogP contribution < -0.4 is 0 Å². The summed E-state index contributed by atoms with van der Waals surface area (Å²) in [5.74, 6) is 0. The van der Waals surface area contributed by atoms with Gasteiger partial charge >= 0.3 is 0 Å². The fourth-order valence-corrected chi connectivity index (χ4v) is 0.676. The molecule has 0 amide bonds. The summed E-state index contributed by atoms with van der Waals surface area (Å²) in [4.78, 5) is 7.74. The molecule has 0 aliphatic carbocycles. The van der Waals surface area contributed by atoms with E-state index in [2.05, 4.69) is 23.0 Å². The van der Waals surface area contributed by atoms with Crippen LogP contribution in [0.25, 0.3) is 0 Å². The van der Waals surface area contributed by atoms with Crippen LogP contribution in [0.1, 0.15) is 20.3 Å². The van der Waals surface area contributed by atoms with Gasteiger partial charge in [0.05, 0.1) is 0 Å². The van der Waals surface area contributed by atoms with E-state index in [0.717, 1.165) is 12.1 Å². The van der Waals surface area contributed by atoms with Gasteiger partial charge in [0, 0.05) is 25.2 Å². The highest BCUT2D eigenvalue weighted by atomic mass is 14.7. The zero-order valence-corrected chi connectivity index (χ0v) is 9.14. The molecule has 0 aromatic carbocycles. The number of allylic oxidation sites excluding steroid dienone is 2. The maximum absolute atomic E-state index is 3.96. The van der Waals surface area contributed by atoms with E-state index >= 15 is 0 Å². The molecule has 1 aromatic rings. The van der Waals surface area contributed by atoms with Crippen molar-refractivity contribution in [1.82, 2.24) is 4.98 Å². The van der Waals surface area contributed by atoms with Gasteiger partial charge in [-0.1, -0.05) is 19.1 Å².